The van der Waals surface area contributed by atoms with Gasteiger partial charge < -0.3 is 14.7 Å². The van der Waals surface area contributed by atoms with Crippen molar-refractivity contribution in [3.63, 3.8) is 0 Å². The summed E-state index contributed by atoms with van der Waals surface area (Å²) < 4.78 is 5.22. The van der Waals surface area contributed by atoms with Crippen molar-refractivity contribution in [2.75, 3.05) is 20.2 Å². The predicted molar refractivity (Wildman–Crippen MR) is 74.0 cm³/mol. The molecule has 0 saturated carbocycles. The molecule has 0 atom stereocenters. The molecule has 1 aliphatic heterocycles. The Morgan fingerprint density at radius 3 is 2.50 bits per heavy atom. The number of amides is 1. The summed E-state index contributed by atoms with van der Waals surface area (Å²) in [6.07, 6.45) is 1.04. The maximum atomic E-state index is 12.4. The van der Waals surface area contributed by atoms with Gasteiger partial charge in [-0.2, -0.15) is 0 Å². The first-order chi connectivity index (χ1) is 9.52. The van der Waals surface area contributed by atoms with Gasteiger partial charge in [-0.3, -0.25) is 9.59 Å². The smallest absolute Gasteiger partial charge is 0.306 e. The highest BCUT2D eigenvalue weighted by molar-refractivity contribution is 5.95. The molecule has 2 rings (SSSR count). The molecule has 1 amide bonds. The van der Waals surface area contributed by atoms with Crippen LogP contribution in [-0.2, 0) is 4.79 Å². The third-order valence-corrected chi connectivity index (χ3v) is 3.79. The number of methoxy groups -OCH3 is 1. The van der Waals surface area contributed by atoms with Crippen LogP contribution in [0.25, 0.3) is 0 Å². The molecule has 1 aromatic carbocycles. The molecule has 108 valence electrons. The average Bonchev–Trinajstić information content (AvgIpc) is 2.47. The maximum Gasteiger partial charge on any atom is 0.306 e. The largest absolute Gasteiger partial charge is 0.496 e. The fraction of sp³-hybridized carbons (Fsp3) is 0.467. The molecule has 5 heteroatoms. The number of carboxylic acids is 1. The summed E-state index contributed by atoms with van der Waals surface area (Å²) in [5, 5.41) is 8.96. The Balaban J connectivity index is 2.07. The van der Waals surface area contributed by atoms with E-state index in [1.807, 2.05) is 13.0 Å². The van der Waals surface area contributed by atoms with Crippen LogP contribution in [0.4, 0.5) is 0 Å². The highest BCUT2D eigenvalue weighted by atomic mass is 16.5. The van der Waals surface area contributed by atoms with Gasteiger partial charge in [0.1, 0.15) is 5.75 Å². The predicted octanol–water partition coefficient (Wildman–Crippen LogP) is 1.94. The topological polar surface area (TPSA) is 66.8 Å². The number of nitrogens with zero attached hydrogens (tertiary/aromatic N) is 1. The lowest BCUT2D eigenvalue weighted by Crippen LogP contribution is -2.40. The van der Waals surface area contributed by atoms with E-state index >= 15 is 0 Å². The van der Waals surface area contributed by atoms with Crippen LogP contribution >= 0.6 is 0 Å². The zero-order valence-electron chi connectivity index (χ0n) is 11.8. The van der Waals surface area contributed by atoms with Crippen LogP contribution in [0, 0.1) is 12.8 Å². The number of hydrogen-bond acceptors (Lipinski definition) is 3. The quantitative estimate of drug-likeness (QED) is 0.917. The van der Waals surface area contributed by atoms with Gasteiger partial charge in [0.05, 0.1) is 13.0 Å². The van der Waals surface area contributed by atoms with Gasteiger partial charge >= 0.3 is 5.97 Å². The second kappa shape index (κ2) is 5.94. The molecule has 1 aromatic rings. The van der Waals surface area contributed by atoms with Crippen LogP contribution in [0.5, 0.6) is 5.75 Å². The van der Waals surface area contributed by atoms with Crippen LogP contribution in [-0.4, -0.2) is 42.1 Å². The van der Waals surface area contributed by atoms with Gasteiger partial charge in [0, 0.05) is 18.7 Å². The van der Waals surface area contributed by atoms with Gasteiger partial charge in [-0.15, -0.1) is 0 Å². The van der Waals surface area contributed by atoms with Crippen molar-refractivity contribution in [3.05, 3.63) is 29.3 Å². The number of piperidine rings is 1. The van der Waals surface area contributed by atoms with Gasteiger partial charge in [-0.1, -0.05) is 6.07 Å². The summed E-state index contributed by atoms with van der Waals surface area (Å²) in [6, 6.07) is 5.38. The van der Waals surface area contributed by atoms with Crippen LogP contribution in [0.1, 0.15) is 28.8 Å². The molecular formula is C15H19NO4. The van der Waals surface area contributed by atoms with Gasteiger partial charge in [0.25, 0.3) is 5.91 Å². The molecule has 1 heterocycles. The number of carboxylic acid groups (broad SMARTS) is 1. The third kappa shape index (κ3) is 2.92. The van der Waals surface area contributed by atoms with Crippen molar-refractivity contribution >= 4 is 11.9 Å². The average molecular weight is 277 g/mol. The van der Waals surface area contributed by atoms with Crippen LogP contribution in [0.2, 0.25) is 0 Å². The minimum atomic E-state index is -0.769. The molecule has 0 spiro atoms. The minimum Gasteiger partial charge on any atom is -0.496 e. The summed E-state index contributed by atoms with van der Waals surface area (Å²) in [7, 11) is 1.58. The molecule has 1 saturated heterocycles. The Kier molecular flexibility index (Phi) is 4.27. The lowest BCUT2D eigenvalue weighted by molar-refractivity contribution is -0.143. The number of likely N-dealkylation sites (tertiary alicyclic amines) is 1. The van der Waals surface area contributed by atoms with Crippen LogP contribution < -0.4 is 4.74 Å². The number of aryl methyl sites for hydroxylation is 1. The minimum absolute atomic E-state index is 0.0628. The molecule has 5 nitrogen and oxygen atoms in total. The molecule has 1 aliphatic rings. The number of rotatable bonds is 3. The van der Waals surface area contributed by atoms with E-state index in [0.29, 0.717) is 37.2 Å². The fourth-order valence-corrected chi connectivity index (χ4v) is 2.47. The maximum absolute atomic E-state index is 12.4. The van der Waals surface area contributed by atoms with E-state index < -0.39 is 5.97 Å². The van der Waals surface area contributed by atoms with Gasteiger partial charge in [-0.25, -0.2) is 0 Å². The van der Waals surface area contributed by atoms with E-state index in [0.717, 1.165) is 5.56 Å². The van der Waals surface area contributed by atoms with E-state index in [1.165, 1.54) is 0 Å². The highest BCUT2D eigenvalue weighted by Gasteiger charge is 2.27. The molecule has 0 unspecified atom stereocenters. The third-order valence-electron chi connectivity index (χ3n) is 3.79. The number of benzene rings is 1. The summed E-state index contributed by atoms with van der Waals surface area (Å²) >= 11 is 0. The molecule has 20 heavy (non-hydrogen) atoms. The van der Waals surface area contributed by atoms with Crippen molar-refractivity contribution in [2.24, 2.45) is 5.92 Å². The molecule has 0 aromatic heterocycles. The Hall–Kier alpha value is -2.04. The Morgan fingerprint density at radius 2 is 1.95 bits per heavy atom. The molecular weight excluding hydrogens is 258 g/mol. The highest BCUT2D eigenvalue weighted by Crippen LogP contribution is 2.23. The fourth-order valence-electron chi connectivity index (χ4n) is 2.47. The number of carbonyl (C=O) groups is 2. The first-order valence-corrected chi connectivity index (χ1v) is 6.69. The summed E-state index contributed by atoms with van der Waals surface area (Å²) in [5.74, 6) is -0.468. The van der Waals surface area contributed by atoms with Crippen LogP contribution in [0.15, 0.2) is 18.2 Å². The first kappa shape index (κ1) is 14.4. The SMILES string of the molecule is COc1cc(C(=O)N2CCC(C(=O)O)CC2)ccc1C. The second-order valence-corrected chi connectivity index (χ2v) is 5.09. The lowest BCUT2D eigenvalue weighted by Gasteiger charge is -2.30. The Morgan fingerprint density at radius 1 is 1.30 bits per heavy atom. The Bertz CT molecular complexity index is 519. The van der Waals surface area contributed by atoms with E-state index in [4.69, 9.17) is 9.84 Å². The zero-order chi connectivity index (χ0) is 14.7. The summed E-state index contributed by atoms with van der Waals surface area (Å²) in [5.41, 5.74) is 1.56. The van der Waals surface area contributed by atoms with Crippen molar-refractivity contribution in [1.29, 1.82) is 0 Å². The summed E-state index contributed by atoms with van der Waals surface area (Å²) in [6.45, 7) is 2.91. The van der Waals surface area contributed by atoms with E-state index in [2.05, 4.69) is 0 Å². The standard InChI is InChI=1S/C15H19NO4/c1-10-3-4-12(9-13(10)20-2)14(17)16-7-5-11(6-8-16)15(18)19/h3-4,9,11H,5-8H2,1-2H3,(H,18,19). The molecule has 0 aliphatic carbocycles. The van der Waals surface area contributed by atoms with E-state index in [1.54, 1.807) is 24.1 Å². The molecule has 1 N–H and O–H groups in total. The number of carbonyl (C=O) groups excluding carboxylic acids is 1. The van der Waals surface area contributed by atoms with Crippen molar-refractivity contribution in [2.45, 2.75) is 19.8 Å². The number of ether oxygens (including phenoxy) is 1. The van der Waals surface area contributed by atoms with Crippen molar-refractivity contribution < 1.29 is 19.4 Å². The van der Waals surface area contributed by atoms with Crippen molar-refractivity contribution in [1.82, 2.24) is 4.90 Å². The van der Waals surface area contributed by atoms with Gasteiger partial charge in [0.2, 0.25) is 0 Å². The molecule has 1 fully saturated rings. The number of aliphatic carboxylic acids is 1. The van der Waals surface area contributed by atoms with E-state index in [9.17, 15) is 9.59 Å². The number of hydrogen-bond donors (Lipinski definition) is 1. The molecule has 0 bridgehead atoms. The van der Waals surface area contributed by atoms with Crippen molar-refractivity contribution in [3.8, 4) is 5.75 Å². The lowest BCUT2D eigenvalue weighted by atomic mass is 9.96. The van der Waals surface area contributed by atoms with Crippen LogP contribution in [0.3, 0.4) is 0 Å². The molecule has 0 radical (unpaired) electrons. The normalized spacial score (nSPS) is 16.0. The zero-order valence-corrected chi connectivity index (χ0v) is 11.8. The van der Waals surface area contributed by atoms with Gasteiger partial charge in [0.15, 0.2) is 0 Å². The van der Waals surface area contributed by atoms with E-state index in [-0.39, 0.29) is 11.8 Å². The monoisotopic (exact) mass is 277 g/mol. The Labute approximate surface area is 118 Å². The summed E-state index contributed by atoms with van der Waals surface area (Å²) in [4.78, 5) is 25.0. The second-order valence-electron chi connectivity index (χ2n) is 5.09. The van der Waals surface area contributed by atoms with Gasteiger partial charge in [-0.05, 0) is 37.5 Å². The first-order valence-electron chi connectivity index (χ1n) is 6.69.